The third-order valence-electron chi connectivity index (χ3n) is 1.51. The lowest BCUT2D eigenvalue weighted by Gasteiger charge is -2.23. The van der Waals surface area contributed by atoms with Gasteiger partial charge in [-0.2, -0.15) is 0 Å². The molecule has 0 aromatic carbocycles. The standard InChI is InChI=1S/C9H19N2O/c1-11(2,3)8-4-6-10-7-5-9-12/h5,10H,4,6-8H2,1-3H3/q+1. The highest BCUT2D eigenvalue weighted by molar-refractivity contribution is 5.45. The highest BCUT2D eigenvalue weighted by Gasteiger charge is 2.04. The second kappa shape index (κ2) is 5.95. The summed E-state index contributed by atoms with van der Waals surface area (Å²) in [5.41, 5.74) is 0. The first kappa shape index (κ1) is 11.4. The minimum absolute atomic E-state index is 0.640. The second-order valence-corrected chi connectivity index (χ2v) is 3.89. The molecule has 3 heteroatoms. The fourth-order valence-electron chi connectivity index (χ4n) is 0.894. The minimum atomic E-state index is 0.640. The summed E-state index contributed by atoms with van der Waals surface area (Å²) >= 11 is 0. The molecule has 0 aliphatic heterocycles. The third-order valence-corrected chi connectivity index (χ3v) is 1.51. The van der Waals surface area contributed by atoms with E-state index in [2.05, 4.69) is 26.5 Å². The number of hydrogen-bond donors (Lipinski definition) is 1. The summed E-state index contributed by atoms with van der Waals surface area (Å²) in [6.45, 7) is 2.76. The summed E-state index contributed by atoms with van der Waals surface area (Å²) in [6.07, 6.45) is 2.60. The molecule has 1 N–H and O–H groups in total. The Kier molecular flexibility index (Phi) is 5.64. The van der Waals surface area contributed by atoms with Crippen molar-refractivity contribution in [2.45, 2.75) is 6.42 Å². The number of nitrogens with one attached hydrogen (secondary N) is 1. The van der Waals surface area contributed by atoms with E-state index in [1.807, 2.05) is 0 Å². The molecule has 0 saturated carbocycles. The van der Waals surface area contributed by atoms with Crippen LogP contribution in [-0.4, -0.2) is 51.2 Å². The SMILES string of the molecule is C[N+](C)(C)CCCNCC=C=O. The van der Waals surface area contributed by atoms with Crippen LogP contribution in [0.25, 0.3) is 0 Å². The van der Waals surface area contributed by atoms with Crippen LogP contribution in [0.15, 0.2) is 6.08 Å². The van der Waals surface area contributed by atoms with E-state index in [4.69, 9.17) is 0 Å². The average Bonchev–Trinajstić information content (AvgIpc) is 1.94. The minimum Gasteiger partial charge on any atom is -0.331 e. The lowest BCUT2D eigenvalue weighted by molar-refractivity contribution is -0.870. The maximum Gasteiger partial charge on any atom is 0.121 e. The van der Waals surface area contributed by atoms with E-state index in [-0.39, 0.29) is 0 Å². The molecule has 0 fully saturated rings. The monoisotopic (exact) mass is 171 g/mol. The summed E-state index contributed by atoms with van der Waals surface area (Å²) in [5.74, 6) is 1.73. The van der Waals surface area contributed by atoms with Crippen molar-refractivity contribution in [1.82, 2.24) is 5.32 Å². The Hall–Kier alpha value is -0.630. The van der Waals surface area contributed by atoms with Crippen molar-refractivity contribution in [3.05, 3.63) is 6.08 Å². The highest BCUT2D eigenvalue weighted by atomic mass is 16.1. The Balaban J connectivity index is 3.16. The molecule has 12 heavy (non-hydrogen) atoms. The maximum absolute atomic E-state index is 9.77. The molecule has 0 aromatic rings. The molecule has 0 aromatic heterocycles. The molecule has 3 nitrogen and oxygen atoms in total. The van der Waals surface area contributed by atoms with Gasteiger partial charge in [-0.15, -0.1) is 0 Å². The largest absolute Gasteiger partial charge is 0.331 e. The van der Waals surface area contributed by atoms with Gasteiger partial charge in [-0.3, -0.25) is 0 Å². The number of quaternary nitrogens is 1. The van der Waals surface area contributed by atoms with Crippen molar-refractivity contribution in [2.75, 3.05) is 40.8 Å². The molecule has 0 rings (SSSR count). The molecule has 0 bridgehead atoms. The molecule has 0 aliphatic rings. The average molecular weight is 171 g/mol. The number of rotatable bonds is 6. The van der Waals surface area contributed by atoms with Gasteiger partial charge >= 0.3 is 0 Å². The van der Waals surface area contributed by atoms with Crippen molar-refractivity contribution in [3.63, 3.8) is 0 Å². The quantitative estimate of drug-likeness (QED) is 0.348. The van der Waals surface area contributed by atoms with Gasteiger partial charge in [0.1, 0.15) is 5.94 Å². The van der Waals surface area contributed by atoms with Crippen LogP contribution in [0.2, 0.25) is 0 Å². The fraction of sp³-hybridized carbons (Fsp3) is 0.778. The first-order valence-corrected chi connectivity index (χ1v) is 4.27. The van der Waals surface area contributed by atoms with Crippen LogP contribution in [0.5, 0.6) is 0 Å². The van der Waals surface area contributed by atoms with Gasteiger partial charge in [-0.1, -0.05) is 0 Å². The molecule has 0 aliphatic carbocycles. The van der Waals surface area contributed by atoms with Gasteiger partial charge in [-0.05, 0) is 0 Å². The second-order valence-electron chi connectivity index (χ2n) is 3.89. The van der Waals surface area contributed by atoms with Gasteiger partial charge < -0.3 is 9.80 Å². The van der Waals surface area contributed by atoms with E-state index >= 15 is 0 Å². The van der Waals surface area contributed by atoms with Crippen LogP contribution >= 0.6 is 0 Å². The Labute approximate surface area is 74.7 Å². The first-order chi connectivity index (χ1) is 5.56. The van der Waals surface area contributed by atoms with Crippen molar-refractivity contribution >= 4 is 5.94 Å². The Morgan fingerprint density at radius 2 is 2.08 bits per heavy atom. The molecule has 70 valence electrons. The Morgan fingerprint density at radius 3 is 2.58 bits per heavy atom. The lowest BCUT2D eigenvalue weighted by Crippen LogP contribution is -2.36. The molecular weight excluding hydrogens is 152 g/mol. The van der Waals surface area contributed by atoms with Crippen molar-refractivity contribution in [3.8, 4) is 0 Å². The summed E-state index contributed by atoms with van der Waals surface area (Å²) in [5, 5.41) is 3.13. The number of carbonyl (C=O) groups excluding carboxylic acids is 1. The van der Waals surface area contributed by atoms with Crippen LogP contribution in [0.1, 0.15) is 6.42 Å². The molecule has 0 unspecified atom stereocenters. The van der Waals surface area contributed by atoms with Crippen molar-refractivity contribution < 1.29 is 9.28 Å². The van der Waals surface area contributed by atoms with E-state index in [1.54, 1.807) is 5.94 Å². The lowest BCUT2D eigenvalue weighted by atomic mass is 10.3. The number of hydrogen-bond acceptors (Lipinski definition) is 2. The Morgan fingerprint density at radius 1 is 1.42 bits per heavy atom. The zero-order valence-corrected chi connectivity index (χ0v) is 8.26. The fourth-order valence-corrected chi connectivity index (χ4v) is 0.894. The predicted octanol–water partition coefficient (Wildman–Crippen LogP) is 0.0601. The van der Waals surface area contributed by atoms with E-state index < -0.39 is 0 Å². The van der Waals surface area contributed by atoms with Crippen molar-refractivity contribution in [1.29, 1.82) is 0 Å². The maximum atomic E-state index is 9.77. The van der Waals surface area contributed by atoms with E-state index in [1.165, 1.54) is 6.08 Å². The molecular formula is C9H19N2O+. The Bertz CT molecular complexity index is 154. The molecule has 0 radical (unpaired) electrons. The van der Waals surface area contributed by atoms with Crippen LogP contribution in [0.3, 0.4) is 0 Å². The number of nitrogens with zero attached hydrogens (tertiary/aromatic N) is 1. The molecule has 0 spiro atoms. The van der Waals surface area contributed by atoms with Crippen molar-refractivity contribution in [2.24, 2.45) is 0 Å². The topological polar surface area (TPSA) is 29.1 Å². The summed E-state index contributed by atoms with van der Waals surface area (Å²) in [6, 6.07) is 0. The van der Waals surface area contributed by atoms with Gasteiger partial charge in [0.2, 0.25) is 0 Å². The van der Waals surface area contributed by atoms with E-state index in [9.17, 15) is 4.79 Å². The van der Waals surface area contributed by atoms with Gasteiger partial charge in [0, 0.05) is 25.6 Å². The molecule has 0 heterocycles. The summed E-state index contributed by atoms with van der Waals surface area (Å²) < 4.78 is 0.991. The zero-order valence-electron chi connectivity index (χ0n) is 8.26. The zero-order chi connectivity index (χ0) is 9.45. The molecule has 0 atom stereocenters. The predicted molar refractivity (Wildman–Crippen MR) is 50.6 cm³/mol. The van der Waals surface area contributed by atoms with Gasteiger partial charge in [0.25, 0.3) is 0 Å². The molecule has 0 amide bonds. The van der Waals surface area contributed by atoms with Crippen LogP contribution < -0.4 is 5.32 Å². The van der Waals surface area contributed by atoms with Crippen LogP contribution in [0, 0.1) is 0 Å². The smallest absolute Gasteiger partial charge is 0.121 e. The van der Waals surface area contributed by atoms with Crippen LogP contribution in [0.4, 0.5) is 0 Å². The van der Waals surface area contributed by atoms with Gasteiger partial charge in [-0.25, -0.2) is 4.79 Å². The first-order valence-electron chi connectivity index (χ1n) is 4.27. The van der Waals surface area contributed by atoms with Crippen LogP contribution in [-0.2, 0) is 4.79 Å². The summed E-state index contributed by atoms with van der Waals surface area (Å²) in [4.78, 5) is 9.77. The highest BCUT2D eigenvalue weighted by Crippen LogP contribution is 1.91. The van der Waals surface area contributed by atoms with E-state index in [0.717, 1.165) is 24.0 Å². The normalized spacial score (nSPS) is 10.9. The summed E-state index contributed by atoms with van der Waals surface area (Å²) in [7, 11) is 6.52. The third kappa shape index (κ3) is 9.37. The van der Waals surface area contributed by atoms with Gasteiger partial charge in [0.15, 0.2) is 0 Å². The van der Waals surface area contributed by atoms with E-state index in [0.29, 0.717) is 6.54 Å². The van der Waals surface area contributed by atoms with Gasteiger partial charge in [0.05, 0.1) is 27.7 Å². The molecule has 0 saturated heterocycles.